The van der Waals surface area contributed by atoms with E-state index in [0.29, 0.717) is 0 Å². The van der Waals surface area contributed by atoms with Crippen LogP contribution in [0, 0.1) is 11.8 Å². The number of hydrogen-bond acceptors (Lipinski definition) is 0. The molecule has 1 heteroatoms. The Labute approximate surface area is 285 Å². The Hall–Kier alpha value is -0.720. The molecule has 2 unspecified atom stereocenters. The highest BCUT2D eigenvalue weighted by Gasteiger charge is 2.14. The molecule has 45 heavy (non-hydrogen) atoms. The van der Waals surface area contributed by atoms with Gasteiger partial charge in [0.2, 0.25) is 0 Å². The predicted octanol–water partition coefficient (Wildman–Crippen LogP) is 15.9. The summed E-state index contributed by atoms with van der Waals surface area (Å²) in [7, 11) is 0. The molecule has 0 aliphatic rings. The highest BCUT2D eigenvalue weighted by Crippen LogP contribution is 2.26. The van der Waals surface area contributed by atoms with Crippen molar-refractivity contribution in [2.75, 3.05) is 0 Å². The van der Waals surface area contributed by atoms with E-state index in [-0.39, 0.29) is 0 Å². The van der Waals surface area contributed by atoms with Crippen molar-refractivity contribution in [1.29, 1.82) is 0 Å². The summed E-state index contributed by atoms with van der Waals surface area (Å²) in [5, 5.41) is 0. The normalized spacial score (nSPS) is 13.1. The summed E-state index contributed by atoms with van der Waals surface area (Å²) in [5.41, 5.74) is 3.07. The maximum absolute atomic E-state index is 3.97. The van der Waals surface area contributed by atoms with Crippen LogP contribution in [0.1, 0.15) is 245 Å². The van der Waals surface area contributed by atoms with Gasteiger partial charge in [0.15, 0.2) is 0 Å². The molecule has 1 N–H and O–H groups in total. The minimum atomic E-state index is 0.874. The van der Waals surface area contributed by atoms with Crippen molar-refractivity contribution >= 4 is 0 Å². The fourth-order valence-corrected chi connectivity index (χ4v) is 7.61. The predicted molar refractivity (Wildman–Crippen MR) is 206 cm³/mol. The van der Waals surface area contributed by atoms with Crippen LogP contribution >= 0.6 is 0 Å². The zero-order valence-corrected chi connectivity index (χ0v) is 31.9. The molecule has 0 aromatic carbocycles. The number of H-pyrrole nitrogens is 1. The Morgan fingerprint density at radius 1 is 0.333 bits per heavy atom. The highest BCUT2D eigenvalue weighted by molar-refractivity contribution is 5.14. The molecule has 266 valence electrons. The van der Waals surface area contributed by atoms with Crippen molar-refractivity contribution in [3.05, 3.63) is 23.5 Å². The zero-order chi connectivity index (χ0) is 32.5. The molecule has 0 bridgehead atoms. The summed E-state index contributed by atoms with van der Waals surface area (Å²) >= 11 is 0. The van der Waals surface area contributed by atoms with Crippen LogP contribution in [0.25, 0.3) is 0 Å². The topological polar surface area (TPSA) is 15.8 Å². The summed E-state index contributed by atoms with van der Waals surface area (Å²) in [6, 6.07) is 4.94. The second-order valence-electron chi connectivity index (χ2n) is 15.3. The van der Waals surface area contributed by atoms with E-state index >= 15 is 0 Å². The largest absolute Gasteiger partial charge is 0.362 e. The molecular formula is C44H85N. The third-order valence-electron chi connectivity index (χ3n) is 10.7. The van der Waals surface area contributed by atoms with E-state index in [1.807, 2.05) is 0 Å². The van der Waals surface area contributed by atoms with Gasteiger partial charge in [-0.2, -0.15) is 0 Å². The quantitative estimate of drug-likeness (QED) is 0.0712. The van der Waals surface area contributed by atoms with Crippen LogP contribution in [-0.4, -0.2) is 4.98 Å². The molecule has 0 amide bonds. The molecule has 0 spiro atoms. The first-order valence-electron chi connectivity index (χ1n) is 21.4. The third-order valence-corrected chi connectivity index (χ3v) is 10.7. The first kappa shape index (κ1) is 42.3. The van der Waals surface area contributed by atoms with E-state index in [0.717, 1.165) is 11.8 Å². The van der Waals surface area contributed by atoms with E-state index < -0.39 is 0 Å². The van der Waals surface area contributed by atoms with E-state index in [4.69, 9.17) is 0 Å². The summed E-state index contributed by atoms with van der Waals surface area (Å²) in [6.45, 7) is 9.31. The number of rotatable bonds is 36. The molecule has 0 aliphatic heterocycles. The van der Waals surface area contributed by atoms with Crippen molar-refractivity contribution < 1.29 is 0 Å². The SMILES string of the molecule is CCCCCCCCCCC(CCCCCCCC)Cc1ccc(CC(CCCCCCCC)CCCCCCCCCC)[nH]1. The Balaban J connectivity index is 2.58. The van der Waals surface area contributed by atoms with Crippen molar-refractivity contribution in [1.82, 2.24) is 4.98 Å². The summed E-state index contributed by atoms with van der Waals surface area (Å²) < 4.78 is 0. The van der Waals surface area contributed by atoms with Gasteiger partial charge in [-0.1, -0.05) is 233 Å². The number of nitrogens with one attached hydrogen (secondary N) is 1. The van der Waals surface area contributed by atoms with Crippen LogP contribution in [-0.2, 0) is 12.8 Å². The fourth-order valence-electron chi connectivity index (χ4n) is 7.61. The molecule has 0 aliphatic carbocycles. The Kier molecular flexibility index (Phi) is 31.2. The monoisotopic (exact) mass is 628 g/mol. The smallest absolute Gasteiger partial charge is 0.0152 e. The zero-order valence-electron chi connectivity index (χ0n) is 31.9. The second kappa shape index (κ2) is 33.2. The lowest BCUT2D eigenvalue weighted by Crippen LogP contribution is -2.08. The molecule has 0 saturated carbocycles. The van der Waals surface area contributed by atoms with Crippen molar-refractivity contribution in [3.63, 3.8) is 0 Å². The Morgan fingerprint density at radius 3 is 0.800 bits per heavy atom. The lowest BCUT2D eigenvalue weighted by atomic mass is 9.90. The van der Waals surface area contributed by atoms with Crippen LogP contribution in [0.5, 0.6) is 0 Å². The molecular weight excluding hydrogens is 542 g/mol. The summed E-state index contributed by atoms with van der Waals surface area (Å²) in [6.07, 6.45) is 48.5. The minimum absolute atomic E-state index is 0.874. The van der Waals surface area contributed by atoms with E-state index in [2.05, 4.69) is 44.8 Å². The van der Waals surface area contributed by atoms with Crippen LogP contribution in [0.2, 0.25) is 0 Å². The average molecular weight is 628 g/mol. The number of unbranched alkanes of at least 4 members (excludes halogenated alkanes) is 24. The Bertz CT molecular complexity index is 632. The lowest BCUT2D eigenvalue weighted by Gasteiger charge is -2.18. The van der Waals surface area contributed by atoms with Gasteiger partial charge in [-0.25, -0.2) is 0 Å². The van der Waals surface area contributed by atoms with Gasteiger partial charge in [-0.05, 0) is 36.8 Å². The van der Waals surface area contributed by atoms with Gasteiger partial charge < -0.3 is 4.98 Å². The summed E-state index contributed by atoms with van der Waals surface area (Å²) in [4.78, 5) is 3.97. The van der Waals surface area contributed by atoms with Crippen LogP contribution < -0.4 is 0 Å². The molecule has 1 aromatic heterocycles. The molecule has 1 heterocycles. The molecule has 1 aromatic rings. The van der Waals surface area contributed by atoms with Crippen molar-refractivity contribution in [2.45, 2.75) is 246 Å². The van der Waals surface area contributed by atoms with Gasteiger partial charge in [-0.15, -0.1) is 0 Å². The molecule has 1 rings (SSSR count). The molecule has 1 nitrogen and oxygen atoms in total. The fraction of sp³-hybridized carbons (Fsp3) is 0.909. The molecule has 2 atom stereocenters. The maximum Gasteiger partial charge on any atom is 0.0152 e. The number of aromatic amines is 1. The van der Waals surface area contributed by atoms with Crippen LogP contribution in [0.4, 0.5) is 0 Å². The maximum atomic E-state index is 3.97. The van der Waals surface area contributed by atoms with Crippen molar-refractivity contribution in [2.24, 2.45) is 11.8 Å². The minimum Gasteiger partial charge on any atom is -0.362 e. The second-order valence-corrected chi connectivity index (χ2v) is 15.3. The molecule has 0 fully saturated rings. The Morgan fingerprint density at radius 2 is 0.556 bits per heavy atom. The first-order valence-corrected chi connectivity index (χ1v) is 21.4. The summed E-state index contributed by atoms with van der Waals surface area (Å²) in [5.74, 6) is 1.75. The van der Waals surface area contributed by atoms with Gasteiger partial charge in [0.25, 0.3) is 0 Å². The van der Waals surface area contributed by atoms with E-state index in [1.165, 1.54) is 230 Å². The van der Waals surface area contributed by atoms with Crippen LogP contribution in [0.15, 0.2) is 12.1 Å². The van der Waals surface area contributed by atoms with E-state index in [9.17, 15) is 0 Å². The van der Waals surface area contributed by atoms with Gasteiger partial charge in [0.05, 0.1) is 0 Å². The standard InChI is InChI=1S/C44H85N/c1-5-9-13-17-21-23-27-31-35-41(33-29-25-19-15-11-7-3)39-43-37-38-44(45-43)40-42(34-30-26-20-16-12-8-4)36-32-28-24-22-18-14-10-6-2/h37-38,41-42,45H,5-36,39-40H2,1-4H3. The van der Waals surface area contributed by atoms with Crippen LogP contribution in [0.3, 0.4) is 0 Å². The first-order chi connectivity index (χ1) is 22.2. The number of hydrogen-bond donors (Lipinski definition) is 1. The van der Waals surface area contributed by atoms with Gasteiger partial charge in [-0.3, -0.25) is 0 Å². The van der Waals surface area contributed by atoms with Gasteiger partial charge >= 0.3 is 0 Å². The number of aromatic nitrogens is 1. The van der Waals surface area contributed by atoms with Gasteiger partial charge in [0, 0.05) is 11.4 Å². The van der Waals surface area contributed by atoms with E-state index in [1.54, 1.807) is 0 Å². The lowest BCUT2D eigenvalue weighted by molar-refractivity contribution is 0.393. The molecule has 0 radical (unpaired) electrons. The molecule has 0 saturated heterocycles. The highest BCUT2D eigenvalue weighted by atomic mass is 14.7. The third kappa shape index (κ3) is 27.0. The van der Waals surface area contributed by atoms with Gasteiger partial charge in [0.1, 0.15) is 0 Å². The van der Waals surface area contributed by atoms with Crippen molar-refractivity contribution in [3.8, 4) is 0 Å². The average Bonchev–Trinajstić information content (AvgIpc) is 3.49.